The summed E-state index contributed by atoms with van der Waals surface area (Å²) in [6.45, 7) is 0.663. The molecule has 0 aliphatic rings. The molecule has 0 atom stereocenters. The Morgan fingerprint density at radius 3 is 2.47 bits per heavy atom. The second-order valence-corrected chi connectivity index (χ2v) is 4.57. The fourth-order valence-electron chi connectivity index (χ4n) is 1.53. The van der Waals surface area contributed by atoms with Gasteiger partial charge in [0.1, 0.15) is 5.82 Å². The molecule has 0 saturated heterocycles. The van der Waals surface area contributed by atoms with E-state index < -0.39 is 17.5 Å². The summed E-state index contributed by atoms with van der Waals surface area (Å²) in [6, 6.07) is 3.22. The largest absolute Gasteiger partial charge is 0.315 e. The van der Waals surface area contributed by atoms with E-state index in [0.717, 1.165) is 10.9 Å². The molecule has 0 unspecified atom stereocenters. The Labute approximate surface area is 101 Å². The summed E-state index contributed by atoms with van der Waals surface area (Å²) < 4.78 is 39.3. The van der Waals surface area contributed by atoms with E-state index in [1.165, 1.54) is 11.3 Å². The van der Waals surface area contributed by atoms with Gasteiger partial charge >= 0.3 is 0 Å². The fourth-order valence-corrected chi connectivity index (χ4v) is 2.43. The zero-order valence-electron chi connectivity index (χ0n) is 9.06. The van der Waals surface area contributed by atoms with Crippen LogP contribution in [0.3, 0.4) is 0 Å². The van der Waals surface area contributed by atoms with Gasteiger partial charge in [0.15, 0.2) is 11.6 Å². The normalized spacial score (nSPS) is 10.8. The molecule has 0 bridgehead atoms. The summed E-state index contributed by atoms with van der Waals surface area (Å²) in [5.41, 5.74) is 0.652. The number of nitrogens with one attached hydrogen (secondary N) is 1. The minimum Gasteiger partial charge on any atom is -0.315 e. The maximum atomic E-state index is 13.5. The topological polar surface area (TPSA) is 12.0 Å². The minimum absolute atomic E-state index is 0.0857. The molecule has 0 saturated carbocycles. The van der Waals surface area contributed by atoms with E-state index in [1.54, 1.807) is 18.5 Å². The lowest BCUT2D eigenvalue weighted by molar-refractivity contribution is 0.496. The molecule has 0 amide bonds. The van der Waals surface area contributed by atoms with Crippen LogP contribution in [0.25, 0.3) is 11.1 Å². The summed E-state index contributed by atoms with van der Waals surface area (Å²) in [6.07, 6.45) is 0. The molecule has 90 valence electrons. The molecule has 1 aromatic heterocycles. The smallest absolute Gasteiger partial charge is 0.161 e. The molecule has 1 heterocycles. The van der Waals surface area contributed by atoms with Crippen molar-refractivity contribution in [2.75, 3.05) is 7.05 Å². The van der Waals surface area contributed by atoms with E-state index in [9.17, 15) is 13.2 Å². The van der Waals surface area contributed by atoms with E-state index in [1.807, 2.05) is 0 Å². The predicted molar refractivity (Wildman–Crippen MR) is 62.4 cm³/mol. The van der Waals surface area contributed by atoms with Gasteiger partial charge in [-0.1, -0.05) is 0 Å². The summed E-state index contributed by atoms with van der Waals surface area (Å²) in [7, 11) is 1.80. The van der Waals surface area contributed by atoms with Crippen molar-refractivity contribution < 1.29 is 13.2 Å². The third-order valence-corrected chi connectivity index (χ3v) is 3.26. The molecule has 1 aromatic carbocycles. The second-order valence-electron chi connectivity index (χ2n) is 3.58. The summed E-state index contributed by atoms with van der Waals surface area (Å²) in [5, 5.41) is 4.69. The van der Waals surface area contributed by atoms with Crippen molar-refractivity contribution in [2.24, 2.45) is 0 Å². The highest BCUT2D eigenvalue weighted by Crippen LogP contribution is 2.29. The van der Waals surface area contributed by atoms with Crippen LogP contribution in [0.4, 0.5) is 13.2 Å². The van der Waals surface area contributed by atoms with Gasteiger partial charge in [0.05, 0.1) is 0 Å². The van der Waals surface area contributed by atoms with Gasteiger partial charge < -0.3 is 5.32 Å². The van der Waals surface area contributed by atoms with Gasteiger partial charge in [-0.3, -0.25) is 0 Å². The van der Waals surface area contributed by atoms with Crippen molar-refractivity contribution in [3.05, 3.63) is 45.9 Å². The lowest BCUT2D eigenvalue weighted by atomic mass is 10.1. The zero-order chi connectivity index (χ0) is 12.4. The van der Waals surface area contributed by atoms with Gasteiger partial charge in [-0.05, 0) is 30.1 Å². The van der Waals surface area contributed by atoms with Crippen LogP contribution in [-0.2, 0) is 6.54 Å². The van der Waals surface area contributed by atoms with Crippen molar-refractivity contribution in [3.8, 4) is 11.1 Å². The van der Waals surface area contributed by atoms with Crippen molar-refractivity contribution in [3.63, 3.8) is 0 Å². The van der Waals surface area contributed by atoms with E-state index in [0.29, 0.717) is 18.2 Å². The minimum atomic E-state index is -1.17. The molecular formula is C12H10F3NS. The SMILES string of the molecule is CNCc1cc(-c2cc(F)c(F)cc2F)cs1. The molecular weight excluding hydrogens is 247 g/mol. The third kappa shape index (κ3) is 2.50. The molecule has 0 aliphatic carbocycles. The van der Waals surface area contributed by atoms with Crippen LogP contribution in [0.5, 0.6) is 0 Å². The van der Waals surface area contributed by atoms with Gasteiger partial charge in [-0.2, -0.15) is 0 Å². The lowest BCUT2D eigenvalue weighted by Gasteiger charge is -2.01. The van der Waals surface area contributed by atoms with E-state index in [4.69, 9.17) is 0 Å². The van der Waals surface area contributed by atoms with Gasteiger partial charge in [0.25, 0.3) is 0 Å². The standard InChI is InChI=1S/C12H10F3NS/c1-16-5-8-2-7(6-17-8)9-3-11(14)12(15)4-10(9)13/h2-4,6,16H,5H2,1H3. The Morgan fingerprint density at radius 1 is 1.06 bits per heavy atom. The quantitative estimate of drug-likeness (QED) is 0.829. The van der Waals surface area contributed by atoms with Crippen LogP contribution in [0, 0.1) is 17.5 Å². The molecule has 2 aromatic rings. The maximum absolute atomic E-state index is 13.5. The molecule has 1 nitrogen and oxygen atoms in total. The second kappa shape index (κ2) is 4.89. The van der Waals surface area contributed by atoms with Gasteiger partial charge in [0.2, 0.25) is 0 Å². The first-order valence-corrected chi connectivity index (χ1v) is 5.86. The van der Waals surface area contributed by atoms with Crippen molar-refractivity contribution in [1.82, 2.24) is 5.32 Å². The number of hydrogen-bond donors (Lipinski definition) is 1. The van der Waals surface area contributed by atoms with Crippen molar-refractivity contribution >= 4 is 11.3 Å². The first kappa shape index (κ1) is 12.1. The Balaban J connectivity index is 2.41. The van der Waals surface area contributed by atoms with Crippen LogP contribution in [-0.4, -0.2) is 7.05 Å². The highest BCUT2D eigenvalue weighted by molar-refractivity contribution is 7.10. The Bertz CT molecular complexity index is 537. The van der Waals surface area contributed by atoms with Crippen LogP contribution in [0.1, 0.15) is 4.88 Å². The third-order valence-electron chi connectivity index (χ3n) is 2.33. The summed E-state index contributed by atoms with van der Waals surface area (Å²) in [4.78, 5) is 1.01. The van der Waals surface area contributed by atoms with Gasteiger partial charge in [-0.15, -0.1) is 11.3 Å². The molecule has 0 spiro atoms. The van der Waals surface area contributed by atoms with Gasteiger partial charge in [-0.25, -0.2) is 13.2 Å². The highest BCUT2D eigenvalue weighted by Gasteiger charge is 2.12. The van der Waals surface area contributed by atoms with Crippen LogP contribution in [0.2, 0.25) is 0 Å². The first-order valence-electron chi connectivity index (χ1n) is 4.98. The summed E-state index contributed by atoms with van der Waals surface area (Å²) in [5.74, 6) is -2.96. The van der Waals surface area contributed by atoms with E-state index in [2.05, 4.69) is 5.32 Å². The number of hydrogen-bond acceptors (Lipinski definition) is 2. The number of benzene rings is 1. The average molecular weight is 257 g/mol. The summed E-state index contributed by atoms with van der Waals surface area (Å²) >= 11 is 1.44. The highest BCUT2D eigenvalue weighted by atomic mass is 32.1. The number of rotatable bonds is 3. The Morgan fingerprint density at radius 2 is 1.76 bits per heavy atom. The molecule has 0 aliphatic heterocycles. The van der Waals surface area contributed by atoms with Crippen molar-refractivity contribution in [1.29, 1.82) is 0 Å². The monoisotopic (exact) mass is 257 g/mol. The maximum Gasteiger partial charge on any atom is 0.161 e. The zero-order valence-corrected chi connectivity index (χ0v) is 9.88. The molecule has 5 heteroatoms. The predicted octanol–water partition coefficient (Wildman–Crippen LogP) is 3.55. The van der Waals surface area contributed by atoms with E-state index in [-0.39, 0.29) is 5.56 Å². The molecule has 1 N–H and O–H groups in total. The van der Waals surface area contributed by atoms with Crippen molar-refractivity contribution in [2.45, 2.75) is 6.54 Å². The lowest BCUT2D eigenvalue weighted by Crippen LogP contribution is -2.02. The van der Waals surface area contributed by atoms with Crippen LogP contribution >= 0.6 is 11.3 Å². The molecule has 2 rings (SSSR count). The fraction of sp³-hybridized carbons (Fsp3) is 0.167. The molecule has 17 heavy (non-hydrogen) atoms. The molecule has 0 radical (unpaired) electrons. The first-order chi connectivity index (χ1) is 8.11. The number of halogens is 3. The average Bonchev–Trinajstić information content (AvgIpc) is 2.72. The Kier molecular flexibility index (Phi) is 3.49. The number of thiophene rings is 1. The van der Waals surface area contributed by atoms with Gasteiger partial charge in [0, 0.05) is 23.1 Å². The van der Waals surface area contributed by atoms with Crippen LogP contribution < -0.4 is 5.32 Å². The van der Waals surface area contributed by atoms with E-state index >= 15 is 0 Å². The van der Waals surface area contributed by atoms with Crippen LogP contribution in [0.15, 0.2) is 23.6 Å². The Hall–Kier alpha value is -1.33. The molecule has 0 fully saturated rings.